The lowest BCUT2D eigenvalue weighted by Gasteiger charge is -2.10. The second kappa shape index (κ2) is 7.44. The molecule has 1 heterocycles. The molecule has 0 aliphatic carbocycles. The normalized spacial score (nSPS) is 11.8. The Morgan fingerprint density at radius 2 is 1.92 bits per heavy atom. The highest BCUT2D eigenvalue weighted by Gasteiger charge is 2.30. The van der Waals surface area contributed by atoms with E-state index in [9.17, 15) is 13.2 Å². The zero-order chi connectivity index (χ0) is 17.6. The summed E-state index contributed by atoms with van der Waals surface area (Å²) in [5, 5.41) is 13.1. The number of aromatic nitrogens is 2. The fourth-order valence-corrected chi connectivity index (χ4v) is 1.82. The third-order valence-electron chi connectivity index (χ3n) is 2.78. The smallest absolute Gasteiger partial charge is 0.406 e. The molecule has 1 aromatic carbocycles. The Labute approximate surface area is 135 Å². The first-order valence-corrected chi connectivity index (χ1v) is 6.74. The minimum absolute atomic E-state index is 0.306. The Balaban J connectivity index is 2.14. The Hall–Kier alpha value is -3.10. The summed E-state index contributed by atoms with van der Waals surface area (Å²) < 4.78 is 40.2. The van der Waals surface area contributed by atoms with Crippen molar-refractivity contribution < 1.29 is 17.9 Å². The predicted octanol–water partition coefficient (Wildman–Crippen LogP) is 3.33. The van der Waals surface area contributed by atoms with Crippen LogP contribution < -0.4 is 15.4 Å². The van der Waals surface area contributed by atoms with E-state index in [1.165, 1.54) is 30.6 Å². The van der Waals surface area contributed by atoms with E-state index in [1.807, 2.05) is 0 Å². The molecular formula is C15H14F3N5O. The molecule has 0 radical (unpaired) electrons. The maximum absolute atomic E-state index is 12.1. The molecule has 0 unspecified atom stereocenters. The molecule has 3 N–H and O–H groups in total. The van der Waals surface area contributed by atoms with Crippen molar-refractivity contribution in [3.05, 3.63) is 48.6 Å². The van der Waals surface area contributed by atoms with Crippen molar-refractivity contribution in [2.45, 2.75) is 6.36 Å². The Kier molecular flexibility index (Phi) is 5.35. The maximum atomic E-state index is 12.1. The van der Waals surface area contributed by atoms with Gasteiger partial charge in [-0.25, -0.2) is 9.97 Å². The van der Waals surface area contributed by atoms with E-state index in [-0.39, 0.29) is 5.75 Å². The van der Waals surface area contributed by atoms with E-state index in [0.29, 0.717) is 22.8 Å². The molecule has 0 saturated heterocycles. The van der Waals surface area contributed by atoms with E-state index >= 15 is 0 Å². The van der Waals surface area contributed by atoms with Crippen LogP contribution in [0.3, 0.4) is 0 Å². The van der Waals surface area contributed by atoms with Crippen LogP contribution in [0.1, 0.15) is 5.69 Å². The Bertz CT molecular complexity index is 729. The summed E-state index contributed by atoms with van der Waals surface area (Å²) in [4.78, 5) is 8.11. The van der Waals surface area contributed by atoms with Crippen molar-refractivity contribution in [1.82, 2.24) is 15.3 Å². The number of benzene rings is 1. The number of anilines is 2. The lowest BCUT2D eigenvalue weighted by molar-refractivity contribution is -0.274. The van der Waals surface area contributed by atoms with E-state index < -0.39 is 6.36 Å². The van der Waals surface area contributed by atoms with Gasteiger partial charge in [0.15, 0.2) is 0 Å². The third kappa shape index (κ3) is 4.97. The van der Waals surface area contributed by atoms with Gasteiger partial charge in [0, 0.05) is 36.8 Å². The number of nitrogens with zero attached hydrogens (tertiary/aromatic N) is 2. The molecule has 0 aliphatic rings. The van der Waals surface area contributed by atoms with E-state index in [0.717, 1.165) is 6.21 Å². The number of alkyl halides is 3. The van der Waals surface area contributed by atoms with Gasteiger partial charge in [0.2, 0.25) is 0 Å². The van der Waals surface area contributed by atoms with Gasteiger partial charge in [-0.1, -0.05) is 0 Å². The number of halogens is 3. The van der Waals surface area contributed by atoms with Crippen LogP contribution >= 0.6 is 0 Å². The Morgan fingerprint density at radius 1 is 1.21 bits per heavy atom. The van der Waals surface area contributed by atoms with Crippen molar-refractivity contribution >= 4 is 23.3 Å². The molecule has 2 rings (SSSR count). The zero-order valence-electron chi connectivity index (χ0n) is 12.6. The molecular weight excluding hydrogens is 323 g/mol. The molecule has 0 amide bonds. The summed E-state index contributed by atoms with van der Waals surface area (Å²) >= 11 is 0. The third-order valence-corrected chi connectivity index (χ3v) is 2.78. The van der Waals surface area contributed by atoms with Crippen LogP contribution in [0.4, 0.5) is 24.7 Å². The molecule has 0 atom stereocenters. The van der Waals surface area contributed by atoms with Gasteiger partial charge in [0.25, 0.3) is 0 Å². The summed E-state index contributed by atoms with van der Waals surface area (Å²) in [6.07, 6.45) is -0.640. The molecule has 2 aromatic rings. The van der Waals surface area contributed by atoms with Gasteiger partial charge in [-0.3, -0.25) is 0 Å². The predicted molar refractivity (Wildman–Crippen MR) is 84.3 cm³/mol. The molecule has 24 heavy (non-hydrogen) atoms. The first-order chi connectivity index (χ1) is 11.4. The van der Waals surface area contributed by atoms with Gasteiger partial charge in [-0.05, 0) is 24.3 Å². The van der Waals surface area contributed by atoms with Crippen molar-refractivity contribution in [2.24, 2.45) is 0 Å². The fourth-order valence-electron chi connectivity index (χ4n) is 1.82. The van der Waals surface area contributed by atoms with Gasteiger partial charge < -0.3 is 20.8 Å². The lowest BCUT2D eigenvalue weighted by Crippen LogP contribution is -2.16. The van der Waals surface area contributed by atoms with Gasteiger partial charge in [-0.2, -0.15) is 0 Å². The average molecular weight is 337 g/mol. The van der Waals surface area contributed by atoms with Gasteiger partial charge in [-0.15, -0.1) is 13.2 Å². The van der Waals surface area contributed by atoms with Crippen molar-refractivity contribution in [3.8, 4) is 5.75 Å². The Morgan fingerprint density at radius 3 is 2.50 bits per heavy atom. The minimum Gasteiger partial charge on any atom is -0.406 e. The lowest BCUT2D eigenvalue weighted by atomic mass is 10.2. The standard InChI is InChI=1S/C15H14F3N5O/c1-20-8-10(7-19)13-6-14(22-9-21-13)23-11-2-4-12(5-3-11)24-15(16,17)18/h2-9,19-20H,1H3,(H,21,22,23)/b10-8+,19-7?. The average Bonchev–Trinajstić information content (AvgIpc) is 2.53. The largest absolute Gasteiger partial charge is 0.573 e. The van der Waals surface area contributed by atoms with E-state index in [4.69, 9.17) is 5.41 Å². The zero-order valence-corrected chi connectivity index (χ0v) is 12.6. The van der Waals surface area contributed by atoms with Crippen LogP contribution in [0.25, 0.3) is 5.57 Å². The van der Waals surface area contributed by atoms with Crippen LogP contribution in [-0.4, -0.2) is 29.6 Å². The van der Waals surface area contributed by atoms with Gasteiger partial charge >= 0.3 is 6.36 Å². The fraction of sp³-hybridized carbons (Fsp3) is 0.133. The number of hydrogen-bond donors (Lipinski definition) is 3. The van der Waals surface area contributed by atoms with Gasteiger partial charge in [0.05, 0.1) is 5.69 Å². The van der Waals surface area contributed by atoms with Crippen molar-refractivity contribution in [3.63, 3.8) is 0 Å². The maximum Gasteiger partial charge on any atom is 0.573 e. The van der Waals surface area contributed by atoms with Crippen LogP contribution in [0.5, 0.6) is 5.75 Å². The molecule has 6 nitrogen and oxygen atoms in total. The summed E-state index contributed by atoms with van der Waals surface area (Å²) in [6.45, 7) is 0. The second-order valence-electron chi connectivity index (χ2n) is 4.52. The topological polar surface area (TPSA) is 82.9 Å². The molecule has 1 aromatic heterocycles. The van der Waals surface area contributed by atoms with Crippen LogP contribution in [0.2, 0.25) is 0 Å². The van der Waals surface area contributed by atoms with Crippen LogP contribution in [0.15, 0.2) is 42.9 Å². The second-order valence-corrected chi connectivity index (χ2v) is 4.52. The molecule has 9 heteroatoms. The molecule has 0 aliphatic heterocycles. The highest BCUT2D eigenvalue weighted by atomic mass is 19.4. The summed E-state index contributed by atoms with van der Waals surface area (Å²) in [6, 6.07) is 6.88. The molecule has 126 valence electrons. The summed E-state index contributed by atoms with van der Waals surface area (Å²) in [5.74, 6) is 0.132. The molecule has 0 bridgehead atoms. The first kappa shape index (κ1) is 17.3. The minimum atomic E-state index is -4.72. The van der Waals surface area contributed by atoms with E-state index in [2.05, 4.69) is 25.3 Å². The number of rotatable bonds is 6. The number of ether oxygens (including phenoxy) is 1. The highest BCUT2D eigenvalue weighted by Crippen LogP contribution is 2.25. The molecule has 0 spiro atoms. The number of hydrogen-bond acceptors (Lipinski definition) is 6. The SMILES string of the molecule is CN/C=C(\C=N)c1cc(Nc2ccc(OC(F)(F)F)cc2)ncn1. The van der Waals surface area contributed by atoms with E-state index in [1.54, 1.807) is 19.3 Å². The van der Waals surface area contributed by atoms with Crippen LogP contribution in [-0.2, 0) is 0 Å². The number of nitrogens with one attached hydrogen (secondary N) is 3. The molecule has 0 fully saturated rings. The highest BCUT2D eigenvalue weighted by molar-refractivity contribution is 6.07. The van der Waals surface area contributed by atoms with Crippen molar-refractivity contribution in [1.29, 1.82) is 5.41 Å². The van der Waals surface area contributed by atoms with Crippen molar-refractivity contribution in [2.75, 3.05) is 12.4 Å². The van der Waals surface area contributed by atoms with Gasteiger partial charge in [0.1, 0.15) is 17.9 Å². The van der Waals surface area contributed by atoms with Crippen LogP contribution in [0, 0.1) is 5.41 Å². The molecule has 0 saturated carbocycles. The summed E-state index contributed by atoms with van der Waals surface area (Å²) in [7, 11) is 1.70. The first-order valence-electron chi connectivity index (χ1n) is 6.74. The number of allylic oxidation sites excluding steroid dienone is 1. The quantitative estimate of drug-likeness (QED) is 0.704. The summed E-state index contributed by atoms with van der Waals surface area (Å²) in [5.41, 5.74) is 1.61. The monoisotopic (exact) mass is 337 g/mol.